The Labute approximate surface area is 178 Å². The third-order valence-corrected chi connectivity index (χ3v) is 5.56. The van der Waals surface area contributed by atoms with Crippen molar-refractivity contribution in [3.05, 3.63) is 89.0 Å². The van der Waals surface area contributed by atoms with Gasteiger partial charge in [-0.25, -0.2) is 9.69 Å². The number of anilines is 1. The van der Waals surface area contributed by atoms with E-state index >= 15 is 0 Å². The van der Waals surface area contributed by atoms with Gasteiger partial charge in [0.2, 0.25) is 0 Å². The molecule has 152 valence electrons. The number of imide groups is 2. The molecule has 1 heterocycles. The van der Waals surface area contributed by atoms with E-state index in [0.717, 1.165) is 28.0 Å². The molecule has 0 atom stereocenters. The minimum atomic E-state index is -0.805. The number of fused-ring (bicyclic) bond motifs is 3. The van der Waals surface area contributed by atoms with Crippen LogP contribution in [0.15, 0.2) is 72.3 Å². The number of benzene rings is 3. The number of carbonyl (C=O) groups excluding carboxylic acids is 3. The zero-order chi connectivity index (χ0) is 21.5. The second kappa shape index (κ2) is 7.25. The number of hydrogen-bond donors (Lipinski definition) is 1. The smallest absolute Gasteiger partial charge is 0.336 e. The Morgan fingerprint density at radius 2 is 1.65 bits per heavy atom. The van der Waals surface area contributed by atoms with Crippen molar-refractivity contribution in [3.63, 3.8) is 0 Å². The Bertz CT molecular complexity index is 1290. The first-order chi connectivity index (χ1) is 15.1. The number of carbonyl (C=O) groups is 3. The SMILES string of the molecule is COc1ccccc1N1C(=O)NC(=O)/C(=C/c2ccc3c(c2)Cc2ccccc2-3)C1=O. The second-order valence-corrected chi connectivity index (χ2v) is 7.38. The van der Waals surface area contributed by atoms with Crippen LogP contribution in [-0.2, 0) is 16.0 Å². The van der Waals surface area contributed by atoms with Crippen LogP contribution in [-0.4, -0.2) is 25.0 Å². The summed E-state index contributed by atoms with van der Waals surface area (Å²) in [5.74, 6) is -1.05. The van der Waals surface area contributed by atoms with Gasteiger partial charge in [-0.1, -0.05) is 54.6 Å². The monoisotopic (exact) mass is 410 g/mol. The van der Waals surface area contributed by atoms with Gasteiger partial charge in [0, 0.05) is 0 Å². The minimum absolute atomic E-state index is 0.110. The molecule has 0 aromatic heterocycles. The van der Waals surface area contributed by atoms with Crippen molar-refractivity contribution < 1.29 is 19.1 Å². The van der Waals surface area contributed by atoms with Crippen LogP contribution >= 0.6 is 0 Å². The molecule has 0 bridgehead atoms. The van der Waals surface area contributed by atoms with Crippen molar-refractivity contribution in [3.8, 4) is 16.9 Å². The summed E-state index contributed by atoms with van der Waals surface area (Å²) < 4.78 is 5.28. The van der Waals surface area contributed by atoms with Crippen LogP contribution in [0.2, 0.25) is 0 Å². The van der Waals surface area contributed by atoms with Crippen LogP contribution < -0.4 is 15.0 Å². The van der Waals surface area contributed by atoms with Crippen molar-refractivity contribution in [2.75, 3.05) is 12.0 Å². The predicted molar refractivity (Wildman–Crippen MR) is 117 cm³/mol. The largest absolute Gasteiger partial charge is 0.495 e. The molecule has 2 aliphatic rings. The highest BCUT2D eigenvalue weighted by Gasteiger charge is 2.38. The summed E-state index contributed by atoms with van der Waals surface area (Å²) >= 11 is 0. The zero-order valence-corrected chi connectivity index (χ0v) is 16.7. The molecule has 0 saturated carbocycles. The Balaban J connectivity index is 1.53. The number of ether oxygens (including phenoxy) is 1. The first-order valence-corrected chi connectivity index (χ1v) is 9.82. The molecule has 0 radical (unpaired) electrons. The predicted octanol–water partition coefficient (Wildman–Crippen LogP) is 3.93. The topological polar surface area (TPSA) is 75.7 Å². The minimum Gasteiger partial charge on any atom is -0.495 e. The summed E-state index contributed by atoms with van der Waals surface area (Å²) in [6.45, 7) is 0. The molecular weight excluding hydrogens is 392 g/mol. The molecule has 0 unspecified atom stereocenters. The lowest BCUT2D eigenvalue weighted by Crippen LogP contribution is -2.54. The first kappa shape index (κ1) is 18.8. The third kappa shape index (κ3) is 3.09. The number of para-hydroxylation sites is 2. The lowest BCUT2D eigenvalue weighted by Gasteiger charge is -2.27. The summed E-state index contributed by atoms with van der Waals surface area (Å²) in [5.41, 5.74) is 5.63. The van der Waals surface area contributed by atoms with Crippen LogP contribution in [0.1, 0.15) is 16.7 Å². The summed E-state index contributed by atoms with van der Waals surface area (Å²) in [6.07, 6.45) is 2.32. The highest BCUT2D eigenvalue weighted by molar-refractivity contribution is 6.39. The van der Waals surface area contributed by atoms with E-state index in [9.17, 15) is 14.4 Å². The Kier molecular flexibility index (Phi) is 4.40. The van der Waals surface area contributed by atoms with Crippen molar-refractivity contribution >= 4 is 29.6 Å². The molecule has 31 heavy (non-hydrogen) atoms. The lowest BCUT2D eigenvalue weighted by molar-refractivity contribution is -0.122. The number of urea groups is 1. The summed E-state index contributed by atoms with van der Waals surface area (Å²) in [6, 6.07) is 19.9. The fourth-order valence-corrected chi connectivity index (χ4v) is 4.11. The van der Waals surface area contributed by atoms with Crippen molar-refractivity contribution in [2.24, 2.45) is 0 Å². The standard InChI is InChI=1S/C25H18N2O4/c1-31-22-9-5-4-8-21(22)27-24(29)20(23(28)26-25(27)30)13-15-10-11-19-17(12-15)14-16-6-2-3-7-18(16)19/h2-13H,14H2,1H3,(H,26,28,30)/b20-13-. The van der Waals surface area contributed by atoms with Gasteiger partial charge >= 0.3 is 6.03 Å². The van der Waals surface area contributed by atoms with Gasteiger partial charge in [0.05, 0.1) is 12.8 Å². The van der Waals surface area contributed by atoms with Crippen LogP contribution in [0.5, 0.6) is 5.75 Å². The molecule has 1 fully saturated rings. The van der Waals surface area contributed by atoms with Crippen LogP contribution in [0.25, 0.3) is 17.2 Å². The van der Waals surface area contributed by atoms with Crippen LogP contribution in [0.4, 0.5) is 10.5 Å². The van der Waals surface area contributed by atoms with Gasteiger partial charge < -0.3 is 4.74 Å². The van der Waals surface area contributed by atoms with Crippen molar-refractivity contribution in [1.82, 2.24) is 5.32 Å². The number of nitrogens with one attached hydrogen (secondary N) is 1. The molecule has 1 N–H and O–H groups in total. The van der Waals surface area contributed by atoms with E-state index in [1.165, 1.54) is 24.3 Å². The Morgan fingerprint density at radius 1 is 0.903 bits per heavy atom. The zero-order valence-electron chi connectivity index (χ0n) is 16.7. The van der Waals surface area contributed by atoms with Crippen molar-refractivity contribution in [1.29, 1.82) is 0 Å². The van der Waals surface area contributed by atoms with Gasteiger partial charge in [0.1, 0.15) is 11.3 Å². The number of rotatable bonds is 3. The van der Waals surface area contributed by atoms with E-state index in [4.69, 9.17) is 4.74 Å². The molecule has 1 saturated heterocycles. The normalized spacial score (nSPS) is 16.2. The van der Waals surface area contributed by atoms with E-state index in [-0.39, 0.29) is 11.3 Å². The maximum Gasteiger partial charge on any atom is 0.336 e. The summed E-state index contributed by atoms with van der Waals surface area (Å²) in [7, 11) is 1.45. The maximum absolute atomic E-state index is 13.2. The van der Waals surface area contributed by atoms with E-state index in [1.54, 1.807) is 24.3 Å². The van der Waals surface area contributed by atoms with E-state index < -0.39 is 17.8 Å². The highest BCUT2D eigenvalue weighted by Crippen LogP contribution is 2.37. The van der Waals surface area contributed by atoms with E-state index in [0.29, 0.717) is 5.75 Å². The molecule has 1 aliphatic carbocycles. The van der Waals surface area contributed by atoms with E-state index in [2.05, 4.69) is 17.4 Å². The van der Waals surface area contributed by atoms with Crippen molar-refractivity contribution in [2.45, 2.75) is 6.42 Å². The number of nitrogens with zero attached hydrogens (tertiary/aromatic N) is 1. The number of hydrogen-bond acceptors (Lipinski definition) is 4. The van der Waals surface area contributed by atoms with Gasteiger partial charge in [0.15, 0.2) is 0 Å². The summed E-state index contributed by atoms with van der Waals surface area (Å²) in [4.78, 5) is 39.0. The average molecular weight is 410 g/mol. The number of barbiturate groups is 1. The van der Waals surface area contributed by atoms with Gasteiger partial charge in [-0.3, -0.25) is 14.9 Å². The van der Waals surface area contributed by atoms with Crippen LogP contribution in [0, 0.1) is 0 Å². The van der Waals surface area contributed by atoms with Gasteiger partial charge in [-0.2, -0.15) is 0 Å². The van der Waals surface area contributed by atoms with Gasteiger partial charge in [0.25, 0.3) is 11.8 Å². The first-order valence-electron chi connectivity index (χ1n) is 9.82. The average Bonchev–Trinajstić information content (AvgIpc) is 3.14. The third-order valence-electron chi connectivity index (χ3n) is 5.56. The van der Waals surface area contributed by atoms with Crippen LogP contribution in [0.3, 0.4) is 0 Å². The van der Waals surface area contributed by atoms with Gasteiger partial charge in [-0.15, -0.1) is 0 Å². The number of amides is 4. The second-order valence-electron chi connectivity index (χ2n) is 7.38. The van der Waals surface area contributed by atoms with Gasteiger partial charge in [-0.05, 0) is 52.4 Å². The highest BCUT2D eigenvalue weighted by atomic mass is 16.5. The molecule has 6 heteroatoms. The molecule has 3 aromatic carbocycles. The molecule has 1 aliphatic heterocycles. The summed E-state index contributed by atoms with van der Waals surface area (Å²) in [5, 5.41) is 2.25. The van der Waals surface area contributed by atoms with E-state index in [1.807, 2.05) is 30.3 Å². The Morgan fingerprint density at radius 3 is 2.48 bits per heavy atom. The fourth-order valence-electron chi connectivity index (χ4n) is 4.11. The molecule has 0 spiro atoms. The number of methoxy groups -OCH3 is 1. The molecule has 6 nitrogen and oxygen atoms in total. The quantitative estimate of drug-likeness (QED) is 0.410. The lowest BCUT2D eigenvalue weighted by atomic mass is 10.0. The molecule has 5 rings (SSSR count). The molecule has 3 aromatic rings. The molecule has 4 amide bonds. The maximum atomic E-state index is 13.2. The molecular formula is C25H18N2O4. The Hall–Kier alpha value is -4.19. The fraction of sp³-hybridized carbons (Fsp3) is 0.0800.